The van der Waals surface area contributed by atoms with Crippen LogP contribution in [-0.2, 0) is 6.54 Å². The molecule has 4 nitrogen and oxygen atoms in total. The summed E-state index contributed by atoms with van der Waals surface area (Å²) in [5.41, 5.74) is 2.12. The molecule has 0 aliphatic carbocycles. The number of halogens is 1. The maximum absolute atomic E-state index is 12.4. The summed E-state index contributed by atoms with van der Waals surface area (Å²) in [5.74, 6) is 0.843. The predicted molar refractivity (Wildman–Crippen MR) is 100 cm³/mol. The first-order valence-corrected chi connectivity index (χ1v) is 8.78. The van der Waals surface area contributed by atoms with Crippen molar-refractivity contribution in [2.24, 2.45) is 0 Å². The highest BCUT2D eigenvalue weighted by atomic mass is 79.9. The van der Waals surface area contributed by atoms with E-state index in [1.54, 1.807) is 11.9 Å². The van der Waals surface area contributed by atoms with Crippen molar-refractivity contribution in [2.75, 3.05) is 13.7 Å². The first-order valence-electron chi connectivity index (χ1n) is 7.99. The molecule has 2 rings (SSSR count). The van der Waals surface area contributed by atoms with E-state index in [2.05, 4.69) is 21.2 Å². The minimum absolute atomic E-state index is 0.0733. The van der Waals surface area contributed by atoms with Crippen molar-refractivity contribution in [1.82, 2.24) is 10.2 Å². The number of hydrogen-bond acceptors (Lipinski definition) is 2. The molecule has 5 heteroatoms. The molecule has 128 valence electrons. The molecule has 0 aromatic heterocycles. The van der Waals surface area contributed by atoms with Crippen LogP contribution in [0.1, 0.15) is 31.0 Å². The Kier molecular flexibility index (Phi) is 6.67. The lowest BCUT2D eigenvalue weighted by Crippen LogP contribution is -2.38. The second-order valence-electron chi connectivity index (χ2n) is 5.63. The summed E-state index contributed by atoms with van der Waals surface area (Å²) in [7, 11) is 1.79. The van der Waals surface area contributed by atoms with Crippen LogP contribution in [0.15, 0.2) is 53.0 Å². The third-order valence-corrected chi connectivity index (χ3v) is 4.43. The Balaban J connectivity index is 1.93. The van der Waals surface area contributed by atoms with Gasteiger partial charge in [0.2, 0.25) is 0 Å². The van der Waals surface area contributed by atoms with Gasteiger partial charge in [0.25, 0.3) is 0 Å². The van der Waals surface area contributed by atoms with Crippen molar-refractivity contribution in [3.63, 3.8) is 0 Å². The summed E-state index contributed by atoms with van der Waals surface area (Å²) in [6, 6.07) is 15.5. The van der Waals surface area contributed by atoms with Crippen LogP contribution >= 0.6 is 15.9 Å². The summed E-state index contributed by atoms with van der Waals surface area (Å²) >= 11 is 3.52. The van der Waals surface area contributed by atoms with Gasteiger partial charge in [0.1, 0.15) is 5.75 Å². The van der Waals surface area contributed by atoms with Gasteiger partial charge < -0.3 is 15.0 Å². The van der Waals surface area contributed by atoms with Crippen molar-refractivity contribution in [2.45, 2.75) is 26.4 Å². The lowest BCUT2D eigenvalue weighted by Gasteiger charge is -2.22. The van der Waals surface area contributed by atoms with E-state index in [1.807, 2.05) is 62.4 Å². The predicted octanol–water partition coefficient (Wildman–Crippen LogP) is 4.75. The molecule has 0 aliphatic rings. The van der Waals surface area contributed by atoms with Gasteiger partial charge in [0.15, 0.2) is 0 Å². The number of carbonyl (C=O) groups is 1. The molecule has 1 unspecified atom stereocenters. The van der Waals surface area contributed by atoms with E-state index in [4.69, 9.17) is 4.74 Å². The van der Waals surface area contributed by atoms with Gasteiger partial charge in [-0.15, -0.1) is 0 Å². The third-order valence-electron chi connectivity index (χ3n) is 3.71. The van der Waals surface area contributed by atoms with Gasteiger partial charge in [-0.25, -0.2) is 4.79 Å². The van der Waals surface area contributed by atoms with E-state index < -0.39 is 0 Å². The molecular formula is C19H23BrN2O2. The molecule has 1 atom stereocenters. The standard InChI is InChI=1S/C19H23BrN2O2/c1-4-24-16-11-9-15(10-12-16)13-22(3)19(23)21-14(2)17-7-5-6-8-18(17)20/h5-12,14H,4,13H2,1-3H3,(H,21,23). The van der Waals surface area contributed by atoms with Gasteiger partial charge in [-0.1, -0.05) is 46.3 Å². The van der Waals surface area contributed by atoms with E-state index in [-0.39, 0.29) is 12.1 Å². The number of hydrogen-bond donors (Lipinski definition) is 1. The first kappa shape index (κ1) is 18.3. The molecule has 0 saturated heterocycles. The summed E-state index contributed by atoms with van der Waals surface area (Å²) < 4.78 is 6.42. The summed E-state index contributed by atoms with van der Waals surface area (Å²) in [6.07, 6.45) is 0. The summed E-state index contributed by atoms with van der Waals surface area (Å²) in [5, 5.41) is 3.02. The number of urea groups is 1. The fourth-order valence-corrected chi connectivity index (χ4v) is 3.03. The Hall–Kier alpha value is -2.01. The summed E-state index contributed by atoms with van der Waals surface area (Å²) in [6.45, 7) is 5.12. The Bertz CT molecular complexity index is 673. The SMILES string of the molecule is CCOc1ccc(CN(C)C(=O)NC(C)c2ccccc2Br)cc1. The maximum Gasteiger partial charge on any atom is 0.317 e. The minimum Gasteiger partial charge on any atom is -0.494 e. The Labute approximate surface area is 151 Å². The van der Waals surface area contributed by atoms with E-state index in [9.17, 15) is 4.79 Å². The maximum atomic E-state index is 12.4. The van der Waals surface area contributed by atoms with E-state index >= 15 is 0 Å². The topological polar surface area (TPSA) is 41.6 Å². The Morgan fingerprint density at radius 3 is 2.50 bits per heavy atom. The van der Waals surface area contributed by atoms with E-state index in [1.165, 1.54) is 0 Å². The molecule has 2 amide bonds. The molecule has 0 fully saturated rings. The third kappa shape index (κ3) is 4.99. The van der Waals surface area contributed by atoms with Crippen molar-refractivity contribution < 1.29 is 9.53 Å². The molecule has 2 aromatic rings. The van der Waals surface area contributed by atoms with Gasteiger partial charge in [0, 0.05) is 18.1 Å². The number of nitrogens with one attached hydrogen (secondary N) is 1. The molecular weight excluding hydrogens is 368 g/mol. The van der Waals surface area contributed by atoms with Crippen molar-refractivity contribution >= 4 is 22.0 Å². The molecule has 0 saturated carbocycles. The molecule has 0 heterocycles. The fourth-order valence-electron chi connectivity index (χ4n) is 2.40. The molecule has 0 bridgehead atoms. The number of carbonyl (C=O) groups excluding carboxylic acids is 1. The van der Waals surface area contributed by atoms with Crippen LogP contribution in [0, 0.1) is 0 Å². The van der Waals surface area contributed by atoms with Crippen molar-refractivity contribution in [3.8, 4) is 5.75 Å². The molecule has 0 aliphatic heterocycles. The zero-order valence-electron chi connectivity index (χ0n) is 14.3. The lowest BCUT2D eigenvalue weighted by molar-refractivity contribution is 0.203. The molecule has 24 heavy (non-hydrogen) atoms. The molecule has 1 N–H and O–H groups in total. The molecule has 2 aromatic carbocycles. The highest BCUT2D eigenvalue weighted by Gasteiger charge is 2.15. The van der Waals surface area contributed by atoms with Crippen molar-refractivity contribution in [3.05, 3.63) is 64.1 Å². The van der Waals surface area contributed by atoms with E-state index in [0.29, 0.717) is 13.2 Å². The Morgan fingerprint density at radius 1 is 1.21 bits per heavy atom. The number of nitrogens with zero attached hydrogens (tertiary/aromatic N) is 1. The normalized spacial score (nSPS) is 11.7. The Morgan fingerprint density at radius 2 is 1.88 bits per heavy atom. The van der Waals surface area contributed by atoms with Crippen LogP contribution in [0.3, 0.4) is 0 Å². The highest BCUT2D eigenvalue weighted by molar-refractivity contribution is 9.10. The van der Waals surface area contributed by atoms with Crippen LogP contribution < -0.4 is 10.1 Å². The monoisotopic (exact) mass is 390 g/mol. The van der Waals surface area contributed by atoms with Gasteiger partial charge in [0.05, 0.1) is 12.6 Å². The highest BCUT2D eigenvalue weighted by Crippen LogP contribution is 2.23. The zero-order chi connectivity index (χ0) is 17.5. The van der Waals surface area contributed by atoms with Gasteiger partial charge >= 0.3 is 6.03 Å². The second-order valence-corrected chi connectivity index (χ2v) is 6.48. The van der Waals surface area contributed by atoms with Crippen molar-refractivity contribution in [1.29, 1.82) is 0 Å². The van der Waals surface area contributed by atoms with Gasteiger partial charge in [-0.05, 0) is 43.2 Å². The number of benzene rings is 2. The number of rotatable bonds is 6. The van der Waals surface area contributed by atoms with Gasteiger partial charge in [-0.3, -0.25) is 0 Å². The number of amides is 2. The molecule has 0 spiro atoms. The van der Waals surface area contributed by atoms with Crippen LogP contribution in [0.25, 0.3) is 0 Å². The van der Waals surface area contributed by atoms with Crippen LogP contribution in [0.4, 0.5) is 4.79 Å². The largest absolute Gasteiger partial charge is 0.494 e. The summed E-state index contributed by atoms with van der Waals surface area (Å²) in [4.78, 5) is 14.1. The lowest BCUT2D eigenvalue weighted by atomic mass is 10.1. The van der Waals surface area contributed by atoms with E-state index in [0.717, 1.165) is 21.3 Å². The average molecular weight is 391 g/mol. The second kappa shape index (κ2) is 8.73. The average Bonchev–Trinajstić information content (AvgIpc) is 2.57. The van der Waals surface area contributed by atoms with Gasteiger partial charge in [-0.2, -0.15) is 0 Å². The molecule has 0 radical (unpaired) electrons. The quantitative estimate of drug-likeness (QED) is 0.772. The number of ether oxygens (including phenoxy) is 1. The van der Waals surface area contributed by atoms with Crippen LogP contribution in [0.5, 0.6) is 5.75 Å². The van der Waals surface area contributed by atoms with Crippen LogP contribution in [0.2, 0.25) is 0 Å². The zero-order valence-corrected chi connectivity index (χ0v) is 15.8. The van der Waals surface area contributed by atoms with Crippen LogP contribution in [-0.4, -0.2) is 24.6 Å². The fraction of sp³-hybridized carbons (Fsp3) is 0.316. The first-order chi connectivity index (χ1) is 11.5. The smallest absolute Gasteiger partial charge is 0.317 e. The minimum atomic E-state index is -0.105.